The molecule has 0 radical (unpaired) electrons. The molecule has 0 amide bonds. The van der Waals surface area contributed by atoms with E-state index in [2.05, 4.69) is 24.4 Å². The average Bonchev–Trinajstić information content (AvgIpc) is 2.85. The zero-order chi connectivity index (χ0) is 12.4. The fraction of sp³-hybridized carbons (Fsp3) is 0.688. The summed E-state index contributed by atoms with van der Waals surface area (Å²) in [7, 11) is 0. The summed E-state index contributed by atoms with van der Waals surface area (Å²) in [6.45, 7) is 3.49. The first-order chi connectivity index (χ1) is 8.81. The van der Waals surface area contributed by atoms with Gasteiger partial charge in [0.2, 0.25) is 0 Å². The van der Waals surface area contributed by atoms with E-state index in [0.29, 0.717) is 0 Å². The van der Waals surface area contributed by atoms with Crippen molar-refractivity contribution in [2.75, 3.05) is 11.9 Å². The first-order valence-corrected chi connectivity index (χ1v) is 7.54. The summed E-state index contributed by atoms with van der Waals surface area (Å²) in [6, 6.07) is 4.43. The van der Waals surface area contributed by atoms with Gasteiger partial charge in [-0.15, -0.1) is 0 Å². The molecule has 2 aliphatic carbocycles. The van der Waals surface area contributed by atoms with Gasteiger partial charge < -0.3 is 5.32 Å². The normalized spacial score (nSPS) is 26.9. The van der Waals surface area contributed by atoms with Gasteiger partial charge in [0.15, 0.2) is 0 Å². The molecular formula is C16H24N2. The van der Waals surface area contributed by atoms with Crippen molar-refractivity contribution in [2.45, 2.75) is 51.9 Å². The second kappa shape index (κ2) is 5.29. The lowest BCUT2D eigenvalue weighted by atomic mass is 9.83. The minimum atomic E-state index is 0.858. The summed E-state index contributed by atoms with van der Waals surface area (Å²) in [5.41, 5.74) is 2.80. The van der Waals surface area contributed by atoms with Gasteiger partial charge in [-0.05, 0) is 55.6 Å². The molecule has 1 aromatic rings. The lowest BCUT2D eigenvalue weighted by Gasteiger charge is -2.26. The summed E-state index contributed by atoms with van der Waals surface area (Å²) in [6.07, 6.45) is 9.27. The minimum absolute atomic E-state index is 0.858. The van der Waals surface area contributed by atoms with Crippen LogP contribution < -0.4 is 5.32 Å². The summed E-state index contributed by atoms with van der Waals surface area (Å²) < 4.78 is 0. The zero-order valence-corrected chi connectivity index (χ0v) is 11.4. The van der Waals surface area contributed by atoms with Gasteiger partial charge in [-0.3, -0.25) is 0 Å². The fourth-order valence-corrected chi connectivity index (χ4v) is 3.30. The highest BCUT2D eigenvalue weighted by Gasteiger charge is 2.18. The van der Waals surface area contributed by atoms with Crippen LogP contribution in [0.5, 0.6) is 0 Å². The molecule has 3 rings (SSSR count). The first kappa shape index (κ1) is 12.0. The maximum absolute atomic E-state index is 4.74. The van der Waals surface area contributed by atoms with Crippen molar-refractivity contribution >= 4 is 5.82 Å². The maximum Gasteiger partial charge on any atom is 0.126 e. The number of nitrogens with zero attached hydrogens (tertiary/aromatic N) is 1. The van der Waals surface area contributed by atoms with E-state index in [0.717, 1.165) is 24.2 Å². The molecule has 2 aliphatic rings. The van der Waals surface area contributed by atoms with Gasteiger partial charge in [0.1, 0.15) is 5.82 Å². The molecule has 0 spiro atoms. The number of aromatic nitrogens is 1. The van der Waals surface area contributed by atoms with Gasteiger partial charge >= 0.3 is 0 Å². The Morgan fingerprint density at radius 2 is 2.00 bits per heavy atom. The highest BCUT2D eigenvalue weighted by Crippen LogP contribution is 2.28. The minimum Gasteiger partial charge on any atom is -0.370 e. The highest BCUT2D eigenvalue weighted by molar-refractivity contribution is 5.40. The Labute approximate surface area is 110 Å². The largest absolute Gasteiger partial charge is 0.370 e. The third kappa shape index (κ3) is 2.68. The van der Waals surface area contributed by atoms with Crippen molar-refractivity contribution in [1.29, 1.82) is 0 Å². The van der Waals surface area contributed by atoms with Crippen LogP contribution in [-0.2, 0) is 12.8 Å². The second-order valence-electron chi connectivity index (χ2n) is 6.16. The van der Waals surface area contributed by atoms with E-state index in [1.807, 2.05) is 0 Å². The quantitative estimate of drug-likeness (QED) is 0.874. The summed E-state index contributed by atoms with van der Waals surface area (Å²) in [5.74, 6) is 2.89. The molecule has 1 N–H and O–H groups in total. The van der Waals surface area contributed by atoms with Gasteiger partial charge in [0, 0.05) is 12.2 Å². The molecule has 1 heterocycles. The molecular weight excluding hydrogens is 220 g/mol. The molecule has 0 saturated heterocycles. The van der Waals surface area contributed by atoms with E-state index >= 15 is 0 Å². The number of rotatable bonds is 3. The second-order valence-corrected chi connectivity index (χ2v) is 6.16. The molecule has 0 aromatic carbocycles. The van der Waals surface area contributed by atoms with E-state index < -0.39 is 0 Å². The van der Waals surface area contributed by atoms with Gasteiger partial charge in [-0.2, -0.15) is 0 Å². The Kier molecular flexibility index (Phi) is 3.53. The highest BCUT2D eigenvalue weighted by atomic mass is 15.0. The molecule has 18 heavy (non-hydrogen) atoms. The summed E-state index contributed by atoms with van der Waals surface area (Å²) in [4.78, 5) is 4.74. The standard InChI is InChI=1S/C16H24N2/c1-12-5-7-13(8-6-12)11-17-16-10-9-14-3-2-4-15(14)18-16/h9-10,12-13H,2-8,11H2,1H3,(H,17,18). The predicted molar refractivity (Wildman–Crippen MR) is 75.9 cm³/mol. The lowest BCUT2D eigenvalue weighted by molar-refractivity contribution is 0.300. The average molecular weight is 244 g/mol. The molecule has 0 bridgehead atoms. The Bertz CT molecular complexity index is 406. The topological polar surface area (TPSA) is 24.9 Å². The molecule has 1 saturated carbocycles. The molecule has 98 valence electrons. The number of nitrogens with one attached hydrogen (secondary N) is 1. The van der Waals surface area contributed by atoms with Crippen LogP contribution in [0.3, 0.4) is 0 Å². The van der Waals surface area contributed by atoms with E-state index in [-0.39, 0.29) is 0 Å². The number of anilines is 1. The SMILES string of the molecule is CC1CCC(CNc2ccc3c(n2)CCC3)CC1. The molecule has 2 heteroatoms. The van der Waals surface area contributed by atoms with Crippen molar-refractivity contribution in [3.05, 3.63) is 23.4 Å². The summed E-state index contributed by atoms with van der Waals surface area (Å²) >= 11 is 0. The molecule has 0 unspecified atom stereocenters. The van der Waals surface area contributed by atoms with Crippen LogP contribution in [0.1, 0.15) is 50.3 Å². The molecule has 2 nitrogen and oxygen atoms in total. The van der Waals surface area contributed by atoms with Crippen LogP contribution in [0.4, 0.5) is 5.82 Å². The van der Waals surface area contributed by atoms with Crippen LogP contribution >= 0.6 is 0 Å². The van der Waals surface area contributed by atoms with Crippen molar-refractivity contribution in [3.8, 4) is 0 Å². The zero-order valence-electron chi connectivity index (χ0n) is 11.4. The Morgan fingerprint density at radius 3 is 2.83 bits per heavy atom. The first-order valence-electron chi connectivity index (χ1n) is 7.54. The van der Waals surface area contributed by atoms with Crippen molar-refractivity contribution in [1.82, 2.24) is 4.98 Å². The van der Waals surface area contributed by atoms with Gasteiger partial charge in [0.25, 0.3) is 0 Å². The third-order valence-electron chi connectivity index (χ3n) is 4.64. The van der Waals surface area contributed by atoms with Crippen molar-refractivity contribution in [3.63, 3.8) is 0 Å². The van der Waals surface area contributed by atoms with Crippen LogP contribution in [-0.4, -0.2) is 11.5 Å². The van der Waals surface area contributed by atoms with Crippen molar-refractivity contribution < 1.29 is 0 Å². The predicted octanol–water partition coefficient (Wildman–Crippen LogP) is 3.81. The van der Waals surface area contributed by atoms with Crippen LogP contribution in [0, 0.1) is 11.8 Å². The number of hydrogen-bond donors (Lipinski definition) is 1. The Hall–Kier alpha value is -1.05. The molecule has 0 aliphatic heterocycles. The Morgan fingerprint density at radius 1 is 1.17 bits per heavy atom. The third-order valence-corrected chi connectivity index (χ3v) is 4.64. The number of fused-ring (bicyclic) bond motifs is 1. The van der Waals surface area contributed by atoms with Crippen LogP contribution in [0.15, 0.2) is 12.1 Å². The maximum atomic E-state index is 4.74. The van der Waals surface area contributed by atoms with Gasteiger partial charge in [-0.1, -0.05) is 25.8 Å². The summed E-state index contributed by atoms with van der Waals surface area (Å²) in [5, 5.41) is 3.55. The number of pyridine rings is 1. The Balaban J connectivity index is 1.54. The smallest absolute Gasteiger partial charge is 0.126 e. The van der Waals surface area contributed by atoms with Crippen molar-refractivity contribution in [2.24, 2.45) is 11.8 Å². The molecule has 0 atom stereocenters. The monoisotopic (exact) mass is 244 g/mol. The number of hydrogen-bond acceptors (Lipinski definition) is 2. The molecule has 1 fully saturated rings. The van der Waals surface area contributed by atoms with E-state index in [4.69, 9.17) is 4.98 Å². The number of aryl methyl sites for hydroxylation is 2. The van der Waals surface area contributed by atoms with Gasteiger partial charge in [0.05, 0.1) is 0 Å². The van der Waals surface area contributed by atoms with E-state index in [1.54, 1.807) is 0 Å². The fourth-order valence-electron chi connectivity index (χ4n) is 3.30. The van der Waals surface area contributed by atoms with E-state index in [9.17, 15) is 0 Å². The van der Waals surface area contributed by atoms with Gasteiger partial charge in [-0.25, -0.2) is 4.98 Å². The van der Waals surface area contributed by atoms with E-state index in [1.165, 1.54) is 56.2 Å². The van der Waals surface area contributed by atoms with Crippen LogP contribution in [0.2, 0.25) is 0 Å². The lowest BCUT2D eigenvalue weighted by Crippen LogP contribution is -2.20. The van der Waals surface area contributed by atoms with Crippen LogP contribution in [0.25, 0.3) is 0 Å². The molecule has 1 aromatic heterocycles.